The fourth-order valence-corrected chi connectivity index (χ4v) is 4.45. The van der Waals surface area contributed by atoms with Crippen LogP contribution in [0.1, 0.15) is 32.0 Å². The molecule has 30 heavy (non-hydrogen) atoms. The van der Waals surface area contributed by atoms with Gasteiger partial charge in [0.2, 0.25) is 5.91 Å². The van der Waals surface area contributed by atoms with Gasteiger partial charge in [-0.15, -0.1) is 11.3 Å². The summed E-state index contributed by atoms with van der Waals surface area (Å²) in [7, 11) is 0. The number of aromatic nitrogens is 1. The molecule has 0 bridgehead atoms. The topological polar surface area (TPSA) is 112 Å². The van der Waals surface area contributed by atoms with Gasteiger partial charge in [0.15, 0.2) is 0 Å². The lowest BCUT2D eigenvalue weighted by Crippen LogP contribution is -2.53. The van der Waals surface area contributed by atoms with Gasteiger partial charge in [0.1, 0.15) is 6.23 Å². The van der Waals surface area contributed by atoms with Crippen LogP contribution < -0.4 is 11.1 Å². The number of aryl methyl sites for hydroxylation is 1. The lowest BCUT2D eigenvalue weighted by molar-refractivity contribution is -0.127. The summed E-state index contributed by atoms with van der Waals surface area (Å²) in [5.74, 6) is -0.810. The summed E-state index contributed by atoms with van der Waals surface area (Å²) in [6.07, 6.45) is -1.73. The third-order valence-corrected chi connectivity index (χ3v) is 6.76. The second kappa shape index (κ2) is 9.11. The highest BCUT2D eigenvalue weighted by molar-refractivity contribution is 7.13. The van der Waals surface area contributed by atoms with E-state index in [2.05, 4.69) is 10.3 Å². The molecule has 1 unspecified atom stereocenters. The number of nitrogens with zero attached hydrogens (tertiary/aromatic N) is 2. The minimum Gasteiger partial charge on any atom is -0.391 e. The lowest BCUT2D eigenvalue weighted by atomic mass is 9.86. The van der Waals surface area contributed by atoms with E-state index in [1.165, 1.54) is 0 Å². The molecule has 7 nitrogen and oxygen atoms in total. The van der Waals surface area contributed by atoms with Crippen molar-refractivity contribution in [3.8, 4) is 10.4 Å². The normalized spacial score (nSPS) is 22.1. The first-order valence-electron chi connectivity index (χ1n) is 10.2. The first-order chi connectivity index (χ1) is 14.1. The Morgan fingerprint density at radius 3 is 2.57 bits per heavy atom. The molecule has 2 heterocycles. The zero-order valence-electron chi connectivity index (χ0n) is 18.0. The summed E-state index contributed by atoms with van der Waals surface area (Å²) >= 11 is 1.61. The first-order valence-corrected chi connectivity index (χ1v) is 11.1. The quantitative estimate of drug-likeness (QED) is 0.553. The van der Waals surface area contributed by atoms with Gasteiger partial charge in [0, 0.05) is 25.7 Å². The Balaban J connectivity index is 1.55. The SMILES string of the molecule is Cc1ncsc1-c1ccc(CNC(=O)[C@H]2CN(C(O)[C@@H](N)C(C)(C)C)C[C@@H]2O)cc1. The van der Waals surface area contributed by atoms with E-state index in [1.807, 2.05) is 57.5 Å². The maximum absolute atomic E-state index is 12.6. The van der Waals surface area contributed by atoms with Crippen LogP contribution in [0.2, 0.25) is 0 Å². The fourth-order valence-electron chi connectivity index (χ4n) is 3.64. The summed E-state index contributed by atoms with van der Waals surface area (Å²) in [4.78, 5) is 19.8. The largest absolute Gasteiger partial charge is 0.391 e. The van der Waals surface area contributed by atoms with Crippen molar-refractivity contribution in [2.24, 2.45) is 17.1 Å². The van der Waals surface area contributed by atoms with E-state index in [9.17, 15) is 15.0 Å². The van der Waals surface area contributed by atoms with Gasteiger partial charge in [-0.05, 0) is 23.5 Å². The van der Waals surface area contributed by atoms with Crippen molar-refractivity contribution in [2.75, 3.05) is 13.1 Å². The number of aliphatic hydroxyl groups excluding tert-OH is 2. The molecule has 164 valence electrons. The smallest absolute Gasteiger partial charge is 0.227 e. The molecule has 1 aliphatic heterocycles. The van der Waals surface area contributed by atoms with Crippen molar-refractivity contribution in [3.63, 3.8) is 0 Å². The zero-order chi connectivity index (χ0) is 22.1. The summed E-state index contributed by atoms with van der Waals surface area (Å²) in [5, 5.41) is 23.8. The first kappa shape index (κ1) is 22.8. The van der Waals surface area contributed by atoms with Crippen LogP contribution in [0.25, 0.3) is 10.4 Å². The Morgan fingerprint density at radius 1 is 1.33 bits per heavy atom. The van der Waals surface area contributed by atoms with Crippen molar-refractivity contribution in [3.05, 3.63) is 41.0 Å². The predicted octanol–water partition coefficient (Wildman–Crippen LogP) is 1.72. The molecule has 1 saturated heterocycles. The average molecular weight is 433 g/mol. The molecule has 1 fully saturated rings. The number of carbonyl (C=O) groups is 1. The number of thiazole rings is 1. The number of carbonyl (C=O) groups excluding carboxylic acids is 1. The Morgan fingerprint density at radius 2 is 2.00 bits per heavy atom. The molecular formula is C22H32N4O3S. The average Bonchev–Trinajstić information content (AvgIpc) is 3.30. The van der Waals surface area contributed by atoms with Gasteiger partial charge >= 0.3 is 0 Å². The molecule has 1 aromatic heterocycles. The van der Waals surface area contributed by atoms with E-state index in [4.69, 9.17) is 5.73 Å². The molecule has 5 N–H and O–H groups in total. The van der Waals surface area contributed by atoms with E-state index >= 15 is 0 Å². The minimum absolute atomic E-state index is 0.219. The molecule has 0 saturated carbocycles. The van der Waals surface area contributed by atoms with E-state index in [1.54, 1.807) is 16.2 Å². The minimum atomic E-state index is -0.903. The summed E-state index contributed by atoms with van der Waals surface area (Å²) < 4.78 is 0. The van der Waals surface area contributed by atoms with Crippen LogP contribution in [-0.4, -0.2) is 57.5 Å². The maximum Gasteiger partial charge on any atom is 0.227 e. The number of likely N-dealkylation sites (tertiary alicyclic amines) is 1. The Hall–Kier alpha value is -1.84. The van der Waals surface area contributed by atoms with Gasteiger partial charge in [-0.3, -0.25) is 9.69 Å². The number of hydrogen-bond donors (Lipinski definition) is 4. The van der Waals surface area contributed by atoms with E-state index in [0.29, 0.717) is 6.54 Å². The molecule has 0 spiro atoms. The third kappa shape index (κ3) is 5.07. The summed E-state index contributed by atoms with van der Waals surface area (Å²) in [6.45, 7) is 8.75. The summed E-state index contributed by atoms with van der Waals surface area (Å²) in [6, 6.07) is 7.54. The molecular weight excluding hydrogens is 400 g/mol. The molecule has 4 atom stereocenters. The highest BCUT2D eigenvalue weighted by Crippen LogP contribution is 2.28. The fraction of sp³-hybridized carbons (Fsp3) is 0.545. The van der Waals surface area contributed by atoms with Crippen molar-refractivity contribution in [2.45, 2.75) is 52.6 Å². The third-order valence-electron chi connectivity index (χ3n) is 5.78. The Kier molecular flexibility index (Phi) is 6.94. The second-order valence-corrected chi connectivity index (χ2v) is 9.97. The van der Waals surface area contributed by atoms with Gasteiger partial charge < -0.3 is 21.3 Å². The maximum atomic E-state index is 12.6. The van der Waals surface area contributed by atoms with Crippen LogP contribution in [0, 0.1) is 18.3 Å². The lowest BCUT2D eigenvalue weighted by Gasteiger charge is -2.35. The van der Waals surface area contributed by atoms with Crippen LogP contribution in [0.5, 0.6) is 0 Å². The molecule has 0 aliphatic carbocycles. The van der Waals surface area contributed by atoms with Gasteiger partial charge in [-0.2, -0.15) is 0 Å². The molecule has 1 amide bonds. The van der Waals surface area contributed by atoms with E-state index in [-0.39, 0.29) is 24.4 Å². The van der Waals surface area contributed by atoms with Gasteiger partial charge in [0.05, 0.1) is 28.1 Å². The van der Waals surface area contributed by atoms with Crippen molar-refractivity contribution < 1.29 is 15.0 Å². The number of nitrogens with two attached hydrogens (primary N) is 1. The molecule has 1 aromatic carbocycles. The van der Waals surface area contributed by atoms with E-state index < -0.39 is 24.3 Å². The number of benzene rings is 1. The molecule has 1 aliphatic rings. The van der Waals surface area contributed by atoms with Crippen LogP contribution in [-0.2, 0) is 11.3 Å². The predicted molar refractivity (Wildman–Crippen MR) is 119 cm³/mol. The number of hydrogen-bond acceptors (Lipinski definition) is 7. The molecule has 3 rings (SSSR count). The van der Waals surface area contributed by atoms with Gasteiger partial charge in [-0.25, -0.2) is 4.98 Å². The van der Waals surface area contributed by atoms with E-state index in [0.717, 1.165) is 21.7 Å². The van der Waals surface area contributed by atoms with Crippen LogP contribution in [0.4, 0.5) is 0 Å². The van der Waals surface area contributed by atoms with Gasteiger partial charge in [0.25, 0.3) is 0 Å². The zero-order valence-corrected chi connectivity index (χ0v) is 18.8. The Bertz CT molecular complexity index is 862. The van der Waals surface area contributed by atoms with Gasteiger partial charge in [-0.1, -0.05) is 45.0 Å². The highest BCUT2D eigenvalue weighted by Gasteiger charge is 2.42. The highest BCUT2D eigenvalue weighted by atomic mass is 32.1. The number of aliphatic hydroxyl groups is 2. The standard InChI is InChI=1S/C22H32N4O3S/c1-13-18(30-12-25-13)15-7-5-14(6-8-15)9-24-20(28)16-10-26(11-17(16)27)21(29)19(23)22(2,3)4/h5-8,12,16-17,19,21,27,29H,9-11,23H2,1-4H3,(H,24,28)/t16-,17-,19+,21?/m0/s1. The number of rotatable bonds is 6. The van der Waals surface area contributed by atoms with Crippen molar-refractivity contribution in [1.82, 2.24) is 15.2 Å². The monoisotopic (exact) mass is 432 g/mol. The van der Waals surface area contributed by atoms with Crippen molar-refractivity contribution in [1.29, 1.82) is 0 Å². The second-order valence-electron chi connectivity index (χ2n) is 9.11. The summed E-state index contributed by atoms with van der Waals surface area (Å²) in [5.41, 5.74) is 10.8. The molecule has 8 heteroatoms. The van der Waals surface area contributed by atoms with Crippen LogP contribution in [0.3, 0.4) is 0 Å². The molecule has 0 radical (unpaired) electrons. The molecule has 2 aromatic rings. The number of nitrogens with one attached hydrogen (secondary N) is 1. The Labute approximate surface area is 181 Å². The van der Waals surface area contributed by atoms with Crippen LogP contribution in [0.15, 0.2) is 29.8 Å². The number of β-amino-alcohol motifs (C(OH)–C–C–N with tert-alkyl or cyclic N) is 1. The van der Waals surface area contributed by atoms with Crippen LogP contribution >= 0.6 is 11.3 Å². The van der Waals surface area contributed by atoms with Crippen molar-refractivity contribution >= 4 is 17.2 Å². The number of amides is 1.